The summed E-state index contributed by atoms with van der Waals surface area (Å²) in [6.45, 7) is 3.46. The molecule has 4 fully saturated rings. The maximum Gasteiger partial charge on any atom is 0.406 e. The van der Waals surface area contributed by atoms with Crippen molar-refractivity contribution in [3.8, 4) is 17.6 Å². The minimum Gasteiger partial charge on any atom is -0.495 e. The highest BCUT2D eigenvalue weighted by Crippen LogP contribution is 2.35. The molecule has 2 atom stereocenters. The Labute approximate surface area is 261 Å². The van der Waals surface area contributed by atoms with Crippen LogP contribution in [0.25, 0.3) is 10.9 Å². The van der Waals surface area contributed by atoms with Gasteiger partial charge in [0.15, 0.2) is 0 Å². The maximum atomic E-state index is 13.7. The van der Waals surface area contributed by atoms with Crippen molar-refractivity contribution in [3.05, 3.63) is 53.7 Å². The maximum absolute atomic E-state index is 13.7. The van der Waals surface area contributed by atoms with Crippen LogP contribution in [0.4, 0.5) is 24.5 Å². The number of morpholine rings is 1. The number of piperidine rings is 1. The number of alkyl halides is 3. The summed E-state index contributed by atoms with van der Waals surface area (Å²) in [5, 5.41) is 10.3. The first-order valence-electron chi connectivity index (χ1n) is 15.7. The van der Waals surface area contributed by atoms with Crippen LogP contribution in [0.5, 0.6) is 5.75 Å². The fourth-order valence-electron chi connectivity index (χ4n) is 6.87. The summed E-state index contributed by atoms with van der Waals surface area (Å²) in [6.07, 6.45) is 1.84. The van der Waals surface area contributed by atoms with Crippen LogP contribution in [0.2, 0.25) is 0 Å². The molecule has 3 N–H and O–H groups in total. The molecule has 1 aromatic heterocycles. The largest absolute Gasteiger partial charge is 0.495 e. The van der Waals surface area contributed by atoms with Crippen LogP contribution in [0.1, 0.15) is 55.1 Å². The predicted molar refractivity (Wildman–Crippen MR) is 169 cm³/mol. The molecule has 3 aromatic rings. The molecule has 7 rings (SSSR count). The lowest BCUT2D eigenvalue weighted by Gasteiger charge is -2.50. The molecular weight excluding hydrogens is 583 g/mol. The fourth-order valence-corrected chi connectivity index (χ4v) is 6.87. The molecule has 0 spiro atoms. The summed E-state index contributed by atoms with van der Waals surface area (Å²) in [5.74, 6) is 6.20. The number of benzene rings is 2. The number of carbonyl (C=O) groups is 1. The molecule has 11 heteroatoms. The van der Waals surface area contributed by atoms with Gasteiger partial charge in [0.05, 0.1) is 42.8 Å². The number of hydrogen-bond donors (Lipinski definition) is 3. The Balaban J connectivity index is 1.15. The minimum absolute atomic E-state index is 0.170. The lowest BCUT2D eigenvalue weighted by Crippen LogP contribution is -2.60. The number of hydrogen-bond acceptors (Lipinski definition) is 6. The molecule has 3 saturated heterocycles. The predicted octanol–water partition coefficient (Wildman–Crippen LogP) is 5.62. The Morgan fingerprint density at radius 1 is 1.07 bits per heavy atom. The second kappa shape index (κ2) is 13.2. The topological polar surface area (TPSA) is 79.8 Å². The first kappa shape index (κ1) is 31.1. The molecule has 1 amide bonds. The zero-order valence-corrected chi connectivity index (χ0v) is 25.7. The van der Waals surface area contributed by atoms with Crippen LogP contribution >= 0.6 is 0 Å². The molecule has 8 nitrogen and oxygen atoms in total. The lowest BCUT2D eigenvalue weighted by atomic mass is 9.87. The van der Waals surface area contributed by atoms with E-state index in [1.807, 2.05) is 13.0 Å². The van der Waals surface area contributed by atoms with Crippen molar-refractivity contribution in [3.63, 3.8) is 0 Å². The van der Waals surface area contributed by atoms with E-state index in [2.05, 4.69) is 32.7 Å². The van der Waals surface area contributed by atoms with Crippen molar-refractivity contribution in [1.82, 2.24) is 14.8 Å². The highest BCUT2D eigenvalue weighted by atomic mass is 19.4. The van der Waals surface area contributed by atoms with Crippen LogP contribution in [0, 0.1) is 11.8 Å². The van der Waals surface area contributed by atoms with E-state index in [-0.39, 0.29) is 18.5 Å². The Hall–Kier alpha value is -3.88. The van der Waals surface area contributed by atoms with Crippen LogP contribution < -0.4 is 20.7 Å². The first-order valence-corrected chi connectivity index (χ1v) is 15.7. The number of halogens is 3. The first-order chi connectivity index (χ1) is 21.7. The van der Waals surface area contributed by atoms with E-state index in [1.165, 1.54) is 18.1 Å². The number of nitrogens with one attached hydrogen (secondary N) is 3. The number of methoxy groups -OCH3 is 1. The van der Waals surface area contributed by atoms with Gasteiger partial charge in [-0.05, 0) is 74.9 Å². The van der Waals surface area contributed by atoms with Crippen LogP contribution in [-0.4, -0.2) is 79.1 Å². The van der Waals surface area contributed by atoms with Crippen molar-refractivity contribution < 1.29 is 27.4 Å². The van der Waals surface area contributed by atoms with E-state index in [0.717, 1.165) is 49.8 Å². The molecule has 240 valence electrons. The van der Waals surface area contributed by atoms with E-state index < -0.39 is 12.7 Å². The second-order valence-corrected chi connectivity index (χ2v) is 12.1. The molecule has 4 heterocycles. The molecule has 1 aliphatic carbocycles. The number of carbonyl (C=O) groups excluding carboxylic acids is 1. The van der Waals surface area contributed by atoms with Gasteiger partial charge < -0.3 is 30.0 Å². The smallest absolute Gasteiger partial charge is 0.406 e. The summed E-state index contributed by atoms with van der Waals surface area (Å²) < 4.78 is 53.6. The molecule has 1 saturated carbocycles. The van der Waals surface area contributed by atoms with E-state index in [1.54, 1.807) is 36.4 Å². The van der Waals surface area contributed by atoms with Gasteiger partial charge in [-0.25, -0.2) is 0 Å². The van der Waals surface area contributed by atoms with Gasteiger partial charge in [-0.15, -0.1) is 0 Å². The van der Waals surface area contributed by atoms with Crippen molar-refractivity contribution in [2.75, 3.05) is 43.9 Å². The Kier molecular flexibility index (Phi) is 9.15. The average Bonchev–Trinajstić information content (AvgIpc) is 3.36. The second-order valence-electron chi connectivity index (χ2n) is 12.1. The van der Waals surface area contributed by atoms with Gasteiger partial charge in [0.2, 0.25) is 0 Å². The third-order valence-electron chi connectivity index (χ3n) is 9.03. The average molecular weight is 624 g/mol. The van der Waals surface area contributed by atoms with Crippen LogP contribution in [-0.2, 0) is 11.3 Å². The number of aromatic nitrogens is 1. The number of ether oxygens (including phenoxy) is 2. The summed E-state index contributed by atoms with van der Waals surface area (Å²) >= 11 is 0. The summed E-state index contributed by atoms with van der Waals surface area (Å²) in [7, 11) is 1.51. The van der Waals surface area contributed by atoms with E-state index >= 15 is 0 Å². The zero-order valence-electron chi connectivity index (χ0n) is 25.7. The van der Waals surface area contributed by atoms with Crippen molar-refractivity contribution in [2.45, 2.75) is 76.0 Å². The number of fused-ring (bicyclic) bond motifs is 3. The minimum atomic E-state index is -4.40. The number of nitrogens with zero attached hydrogens (tertiary/aromatic N) is 2. The lowest BCUT2D eigenvalue weighted by molar-refractivity contribution is -0.189. The van der Waals surface area contributed by atoms with Gasteiger partial charge in [0, 0.05) is 54.8 Å². The van der Waals surface area contributed by atoms with Gasteiger partial charge in [0.25, 0.3) is 5.91 Å². The summed E-state index contributed by atoms with van der Waals surface area (Å²) in [6, 6.07) is 13.1. The Bertz CT molecular complexity index is 1570. The summed E-state index contributed by atoms with van der Waals surface area (Å²) in [4.78, 5) is 14.8. The molecular formula is C34H40F3N5O3. The summed E-state index contributed by atoms with van der Waals surface area (Å²) in [5.41, 5.74) is 2.72. The highest BCUT2D eigenvalue weighted by molar-refractivity contribution is 5.95. The molecule has 2 unspecified atom stereocenters. The monoisotopic (exact) mass is 623 g/mol. The van der Waals surface area contributed by atoms with E-state index in [0.29, 0.717) is 53.0 Å². The molecule has 45 heavy (non-hydrogen) atoms. The van der Waals surface area contributed by atoms with Gasteiger partial charge in [-0.3, -0.25) is 9.69 Å². The molecule has 2 aromatic carbocycles. The Morgan fingerprint density at radius 3 is 2.51 bits per heavy atom. The third-order valence-corrected chi connectivity index (χ3v) is 9.03. The third kappa shape index (κ3) is 7.18. The van der Waals surface area contributed by atoms with Gasteiger partial charge in [-0.1, -0.05) is 12.0 Å². The van der Waals surface area contributed by atoms with Crippen LogP contribution in [0.3, 0.4) is 0 Å². The van der Waals surface area contributed by atoms with Crippen molar-refractivity contribution in [2.24, 2.45) is 0 Å². The van der Waals surface area contributed by atoms with Crippen LogP contribution in [0.15, 0.2) is 42.5 Å². The number of amides is 1. The van der Waals surface area contributed by atoms with Gasteiger partial charge in [0.1, 0.15) is 12.3 Å². The highest BCUT2D eigenvalue weighted by Gasteiger charge is 2.41. The zero-order chi connectivity index (χ0) is 31.6. The van der Waals surface area contributed by atoms with E-state index in [4.69, 9.17) is 9.47 Å². The number of anilines is 2. The Morgan fingerprint density at radius 2 is 1.82 bits per heavy atom. The van der Waals surface area contributed by atoms with Crippen molar-refractivity contribution in [1.29, 1.82) is 0 Å². The number of rotatable bonds is 9. The van der Waals surface area contributed by atoms with Gasteiger partial charge in [-0.2, -0.15) is 13.2 Å². The molecule has 2 bridgehead atoms. The molecule has 3 aliphatic heterocycles. The molecule has 4 aliphatic rings. The SMILES string of the molecule is CCNC(=O)c1ccc(NCC#Cc2cc3c(NC4CCC(N5CC6CC(C5)O6)CC4)cccc3n2CC(F)(F)F)c(OC)c1. The fraction of sp³-hybridized carbons (Fsp3) is 0.500. The van der Waals surface area contributed by atoms with Crippen molar-refractivity contribution >= 4 is 28.2 Å². The normalized spacial score (nSPS) is 23.0. The standard InChI is InChI=1S/C34H40F3N5O3/c1-3-38-33(43)22-9-14-30(32(16-22)44-2)39-15-5-6-25-17-28-29(7-4-8-31(28)42(25)21-34(35,36)37)40-23-10-12-24(13-11-23)41-19-26-18-27(20-41)45-26/h4,7-9,14,16-17,23-24,26-27,39-40H,3,10-13,15,18-21H2,1-2H3,(H,38,43). The van der Waals surface area contributed by atoms with E-state index in [9.17, 15) is 18.0 Å². The quantitative estimate of drug-likeness (QED) is 0.269. The molecule has 0 radical (unpaired) electrons. The van der Waals surface area contributed by atoms with Gasteiger partial charge >= 0.3 is 6.18 Å².